The van der Waals surface area contributed by atoms with Crippen molar-refractivity contribution in [3.05, 3.63) is 0 Å². The van der Waals surface area contributed by atoms with E-state index >= 15 is 0 Å². The van der Waals surface area contributed by atoms with E-state index in [1.165, 1.54) is 0 Å². The predicted molar refractivity (Wildman–Crippen MR) is 52.6 cm³/mol. The third-order valence-corrected chi connectivity index (χ3v) is 3.73. The van der Waals surface area contributed by atoms with Crippen molar-refractivity contribution < 1.29 is 33.2 Å². The molecule has 1 fully saturated rings. The Balaban J connectivity index is 2.14. The summed E-state index contributed by atoms with van der Waals surface area (Å²) in [5, 5.41) is 27.3. The van der Waals surface area contributed by atoms with Crippen LogP contribution in [0.3, 0.4) is 0 Å². The first-order chi connectivity index (χ1) is 7.80. The quantitative estimate of drug-likeness (QED) is 0.600. The molecule has 0 spiro atoms. The lowest BCUT2D eigenvalue weighted by Gasteiger charge is -2.31. The summed E-state index contributed by atoms with van der Waals surface area (Å²) in [6.45, 7) is -0.166. The average molecular weight is 273 g/mol. The molecule has 0 amide bonds. The van der Waals surface area contributed by atoms with Crippen LogP contribution >= 0.6 is 11.8 Å². The molecule has 4 unspecified atom stereocenters. The Bertz CT molecular complexity index is 337. The van der Waals surface area contributed by atoms with E-state index < -0.39 is 41.0 Å². The molecule has 0 radical (unpaired) electrons. The summed E-state index contributed by atoms with van der Waals surface area (Å²) < 4.78 is 41.8. The third-order valence-electron chi connectivity index (χ3n) is 2.51. The van der Waals surface area contributed by atoms with Crippen LogP contribution in [0.15, 0.2) is 4.99 Å². The Morgan fingerprint density at radius 1 is 1.41 bits per heavy atom. The van der Waals surface area contributed by atoms with Gasteiger partial charge < -0.3 is 20.1 Å². The van der Waals surface area contributed by atoms with Crippen LogP contribution in [-0.2, 0) is 4.74 Å². The van der Waals surface area contributed by atoms with Crippen molar-refractivity contribution >= 4 is 16.8 Å². The number of halogens is 3. The third kappa shape index (κ3) is 2.43. The fraction of sp³-hybridized carbons (Fsp3) is 0.875. The van der Waals surface area contributed by atoms with E-state index in [2.05, 4.69) is 4.99 Å². The molecule has 2 aliphatic rings. The molecule has 9 heteroatoms. The SMILES string of the molecule is OC1CO[C@@H]2SC(C(O)C(F)(F)F)=NC2C1O. The fourth-order valence-electron chi connectivity index (χ4n) is 1.59. The molecule has 5 nitrogen and oxygen atoms in total. The van der Waals surface area contributed by atoms with Crippen molar-refractivity contribution in [2.75, 3.05) is 6.61 Å². The van der Waals surface area contributed by atoms with Crippen LogP contribution in [0.5, 0.6) is 0 Å². The lowest BCUT2D eigenvalue weighted by Crippen LogP contribution is -2.49. The van der Waals surface area contributed by atoms with Crippen LogP contribution < -0.4 is 0 Å². The highest BCUT2D eigenvalue weighted by Crippen LogP contribution is 2.38. The topological polar surface area (TPSA) is 82.3 Å². The number of ether oxygens (including phenoxy) is 1. The lowest BCUT2D eigenvalue weighted by molar-refractivity contribution is -0.180. The molecule has 0 saturated carbocycles. The van der Waals surface area contributed by atoms with Crippen LogP contribution in [-0.4, -0.2) is 62.9 Å². The van der Waals surface area contributed by atoms with Crippen LogP contribution in [0.1, 0.15) is 0 Å². The number of hydrogen-bond acceptors (Lipinski definition) is 6. The maximum Gasteiger partial charge on any atom is 0.420 e. The van der Waals surface area contributed by atoms with E-state index in [4.69, 9.17) is 9.84 Å². The van der Waals surface area contributed by atoms with Gasteiger partial charge in [0.25, 0.3) is 0 Å². The van der Waals surface area contributed by atoms with Crippen LogP contribution in [0.25, 0.3) is 0 Å². The standard InChI is InChI=1S/C8H10F3NO4S/c9-8(10,11)5(15)6-12-3-4(14)2(13)1-16-7(3)17-6/h2-5,7,13-15H,1H2/t2?,3?,4?,5?,7-/m1/s1. The van der Waals surface area contributed by atoms with Gasteiger partial charge in [-0.25, -0.2) is 0 Å². The van der Waals surface area contributed by atoms with Crippen LogP contribution in [0.4, 0.5) is 13.2 Å². The smallest absolute Gasteiger partial charge is 0.388 e. The van der Waals surface area contributed by atoms with Crippen molar-refractivity contribution in [2.45, 2.75) is 36.0 Å². The molecule has 2 heterocycles. The number of aliphatic imine (C=N–C) groups is 1. The highest BCUT2D eigenvalue weighted by atomic mass is 32.2. The van der Waals surface area contributed by atoms with Gasteiger partial charge in [0.05, 0.1) is 6.61 Å². The van der Waals surface area contributed by atoms with Gasteiger partial charge in [0.2, 0.25) is 0 Å². The molecule has 2 aliphatic heterocycles. The van der Waals surface area contributed by atoms with Gasteiger partial charge in [0.15, 0.2) is 6.10 Å². The fourth-order valence-corrected chi connectivity index (χ4v) is 2.78. The molecule has 0 aromatic heterocycles. The van der Waals surface area contributed by atoms with Crippen molar-refractivity contribution in [1.82, 2.24) is 0 Å². The zero-order chi connectivity index (χ0) is 12.8. The van der Waals surface area contributed by atoms with Gasteiger partial charge >= 0.3 is 6.18 Å². The molecule has 0 bridgehead atoms. The number of nitrogens with zero attached hydrogens (tertiary/aromatic N) is 1. The summed E-state index contributed by atoms with van der Waals surface area (Å²) in [7, 11) is 0. The summed E-state index contributed by atoms with van der Waals surface area (Å²) in [6.07, 6.45) is -9.93. The molecule has 3 N–H and O–H groups in total. The Kier molecular flexibility index (Phi) is 3.38. The second-order valence-electron chi connectivity index (χ2n) is 3.78. The zero-order valence-corrected chi connectivity index (χ0v) is 9.15. The van der Waals surface area contributed by atoms with E-state index in [0.29, 0.717) is 11.8 Å². The average Bonchev–Trinajstić information content (AvgIpc) is 2.65. The van der Waals surface area contributed by atoms with E-state index in [9.17, 15) is 23.4 Å². The van der Waals surface area contributed by atoms with Crippen LogP contribution in [0, 0.1) is 0 Å². The first-order valence-electron chi connectivity index (χ1n) is 4.77. The Morgan fingerprint density at radius 2 is 2.06 bits per heavy atom. The second kappa shape index (κ2) is 4.39. The Hall–Kier alpha value is -0.350. The van der Waals surface area contributed by atoms with Crippen LogP contribution in [0.2, 0.25) is 0 Å². The van der Waals surface area contributed by atoms with Crippen molar-refractivity contribution in [2.24, 2.45) is 4.99 Å². The highest BCUT2D eigenvalue weighted by Gasteiger charge is 2.50. The molecule has 1 saturated heterocycles. The van der Waals surface area contributed by atoms with Gasteiger partial charge in [0.1, 0.15) is 28.7 Å². The normalized spacial score (nSPS) is 39.8. The summed E-state index contributed by atoms with van der Waals surface area (Å²) in [5.41, 5.74) is -0.791. The monoisotopic (exact) mass is 273 g/mol. The van der Waals surface area contributed by atoms with Gasteiger partial charge in [-0.1, -0.05) is 11.8 Å². The molecule has 2 rings (SSSR count). The minimum Gasteiger partial charge on any atom is -0.388 e. The van der Waals surface area contributed by atoms with Crippen molar-refractivity contribution in [3.8, 4) is 0 Å². The van der Waals surface area contributed by atoms with Gasteiger partial charge in [0, 0.05) is 0 Å². The minimum absolute atomic E-state index is 0.166. The van der Waals surface area contributed by atoms with E-state index in [-0.39, 0.29) is 6.61 Å². The number of alkyl halides is 3. The number of aliphatic hydroxyl groups excluding tert-OH is 3. The molecule has 0 aromatic carbocycles. The molecule has 0 aromatic rings. The van der Waals surface area contributed by atoms with Gasteiger partial charge in [-0.2, -0.15) is 13.2 Å². The molecule has 17 heavy (non-hydrogen) atoms. The number of fused-ring (bicyclic) bond motifs is 1. The first kappa shape index (κ1) is 13.1. The van der Waals surface area contributed by atoms with Crippen molar-refractivity contribution in [1.29, 1.82) is 0 Å². The minimum atomic E-state index is -4.80. The maximum absolute atomic E-state index is 12.3. The number of hydrogen-bond donors (Lipinski definition) is 3. The number of aliphatic hydroxyl groups is 3. The number of rotatable bonds is 1. The molecule has 5 atom stereocenters. The molecular weight excluding hydrogens is 263 g/mol. The molecular formula is C8H10F3NO4S. The predicted octanol–water partition coefficient (Wildman–Crippen LogP) is -0.498. The highest BCUT2D eigenvalue weighted by molar-refractivity contribution is 8.14. The van der Waals surface area contributed by atoms with E-state index in [1.54, 1.807) is 0 Å². The molecule has 98 valence electrons. The first-order valence-corrected chi connectivity index (χ1v) is 5.65. The summed E-state index contributed by atoms with van der Waals surface area (Å²) in [5.74, 6) is 0. The largest absolute Gasteiger partial charge is 0.420 e. The van der Waals surface area contributed by atoms with Crippen molar-refractivity contribution in [3.63, 3.8) is 0 Å². The summed E-state index contributed by atoms with van der Waals surface area (Å²) in [6, 6.07) is -0.976. The summed E-state index contributed by atoms with van der Waals surface area (Å²) in [4.78, 5) is 3.58. The Morgan fingerprint density at radius 3 is 2.65 bits per heavy atom. The molecule has 0 aliphatic carbocycles. The van der Waals surface area contributed by atoms with Gasteiger partial charge in [-0.15, -0.1) is 0 Å². The Labute approximate surface area is 98.3 Å². The summed E-state index contributed by atoms with van der Waals surface area (Å²) >= 11 is 0.622. The van der Waals surface area contributed by atoms with E-state index in [0.717, 1.165) is 0 Å². The number of thioether (sulfide) groups is 1. The van der Waals surface area contributed by atoms with E-state index in [1.807, 2.05) is 0 Å². The van der Waals surface area contributed by atoms with Gasteiger partial charge in [-0.05, 0) is 0 Å². The maximum atomic E-state index is 12.3. The lowest BCUT2D eigenvalue weighted by atomic mass is 10.0. The zero-order valence-electron chi connectivity index (χ0n) is 8.33. The second-order valence-corrected chi connectivity index (χ2v) is 4.90. The van der Waals surface area contributed by atoms with Gasteiger partial charge in [-0.3, -0.25) is 4.99 Å².